The number of aliphatic hydroxyl groups is 3. The zero-order valence-electron chi connectivity index (χ0n) is 16.3. The number of likely N-dealkylation sites (tertiary alicyclic amines) is 1. The number of carbonyl (C=O) groups is 2. The number of rotatable bonds is 4. The van der Waals surface area contributed by atoms with E-state index in [1.165, 1.54) is 0 Å². The first-order valence-corrected chi connectivity index (χ1v) is 10.0. The van der Waals surface area contributed by atoms with Gasteiger partial charge >= 0.3 is 0 Å². The zero-order valence-corrected chi connectivity index (χ0v) is 16.3. The van der Waals surface area contributed by atoms with Crippen molar-refractivity contribution in [2.24, 2.45) is 23.7 Å². The highest BCUT2D eigenvalue weighted by Gasteiger charge is 2.54. The van der Waals surface area contributed by atoms with Crippen LogP contribution in [0.25, 0.3) is 10.9 Å². The van der Waals surface area contributed by atoms with Gasteiger partial charge in [-0.15, -0.1) is 0 Å². The lowest BCUT2D eigenvalue weighted by Crippen LogP contribution is -2.55. The second kappa shape index (κ2) is 7.78. The number of carbonyl (C=O) groups excluding carboxylic acids is 2. The average molecular weight is 401 g/mol. The lowest BCUT2D eigenvalue weighted by atomic mass is 9.65. The van der Waals surface area contributed by atoms with E-state index in [0.717, 1.165) is 10.9 Å². The van der Waals surface area contributed by atoms with Gasteiger partial charge in [-0.05, 0) is 17.9 Å². The molecule has 2 heterocycles. The predicted molar refractivity (Wildman–Crippen MR) is 106 cm³/mol. The third-order valence-electron chi connectivity index (χ3n) is 6.59. The Kier molecular flexibility index (Phi) is 5.33. The molecule has 1 aliphatic heterocycles. The van der Waals surface area contributed by atoms with Gasteiger partial charge in [0.05, 0.1) is 24.4 Å². The molecule has 4 rings (SSSR count). The molecule has 0 bridgehead atoms. The number of H-pyrrole nitrogens is 1. The predicted octanol–water partition coefficient (Wildman–Crippen LogP) is -0.0477. The molecule has 0 radical (unpaired) electrons. The van der Waals surface area contributed by atoms with Crippen molar-refractivity contribution >= 4 is 22.7 Å². The Balaban J connectivity index is 1.60. The topological polar surface area (TPSA) is 126 Å². The van der Waals surface area contributed by atoms with E-state index in [9.17, 15) is 19.8 Å². The largest absolute Gasteiger partial charge is 0.395 e. The van der Waals surface area contributed by atoms with Crippen molar-refractivity contribution in [1.29, 1.82) is 0 Å². The Morgan fingerprint density at radius 1 is 1.17 bits per heavy atom. The summed E-state index contributed by atoms with van der Waals surface area (Å²) in [5, 5.41) is 33.7. The number of aromatic amines is 1. The molecular weight excluding hydrogens is 374 g/mol. The van der Waals surface area contributed by atoms with E-state index in [1.807, 2.05) is 24.3 Å². The van der Waals surface area contributed by atoms with Crippen molar-refractivity contribution < 1.29 is 24.9 Å². The first-order chi connectivity index (χ1) is 13.9. The fourth-order valence-electron chi connectivity index (χ4n) is 5.08. The molecule has 2 amide bonds. The first kappa shape index (κ1) is 19.9. The summed E-state index contributed by atoms with van der Waals surface area (Å²) >= 11 is 0. The molecule has 2 aliphatic rings. The van der Waals surface area contributed by atoms with Gasteiger partial charge in [0.2, 0.25) is 5.91 Å². The van der Waals surface area contributed by atoms with Crippen LogP contribution >= 0.6 is 0 Å². The highest BCUT2D eigenvalue weighted by molar-refractivity contribution is 6.06. The second-order valence-corrected chi connectivity index (χ2v) is 8.17. The maximum absolute atomic E-state index is 13.2. The van der Waals surface area contributed by atoms with Crippen LogP contribution in [0, 0.1) is 23.7 Å². The Bertz CT molecular complexity index is 913. The van der Waals surface area contributed by atoms with Gasteiger partial charge in [-0.2, -0.15) is 0 Å². The maximum atomic E-state index is 13.2. The van der Waals surface area contributed by atoms with Crippen LogP contribution in [-0.4, -0.2) is 75.5 Å². The minimum atomic E-state index is -1.04. The summed E-state index contributed by atoms with van der Waals surface area (Å²) in [6.07, 6.45) is -0.337. The van der Waals surface area contributed by atoms with E-state index in [0.29, 0.717) is 12.1 Å². The van der Waals surface area contributed by atoms with E-state index >= 15 is 0 Å². The van der Waals surface area contributed by atoms with Crippen LogP contribution in [0.4, 0.5) is 0 Å². The van der Waals surface area contributed by atoms with Gasteiger partial charge in [0.25, 0.3) is 5.91 Å². The fourth-order valence-corrected chi connectivity index (χ4v) is 5.08. The highest BCUT2D eigenvalue weighted by Crippen LogP contribution is 2.44. The van der Waals surface area contributed by atoms with Gasteiger partial charge < -0.3 is 30.5 Å². The molecule has 8 heteroatoms. The molecule has 5 N–H and O–H groups in total. The Morgan fingerprint density at radius 2 is 1.90 bits per heavy atom. The van der Waals surface area contributed by atoms with Crippen molar-refractivity contribution in [1.82, 2.24) is 15.2 Å². The number of aromatic nitrogens is 1. The quantitative estimate of drug-likeness (QED) is 0.491. The molecule has 0 unspecified atom stereocenters. The zero-order chi connectivity index (χ0) is 20.7. The third-order valence-corrected chi connectivity index (χ3v) is 6.59. The van der Waals surface area contributed by atoms with E-state index < -0.39 is 24.0 Å². The molecule has 1 aromatic heterocycles. The van der Waals surface area contributed by atoms with E-state index in [1.54, 1.807) is 18.0 Å². The molecule has 2 fully saturated rings. The summed E-state index contributed by atoms with van der Waals surface area (Å²) in [5.74, 6) is -2.02. The second-order valence-electron chi connectivity index (χ2n) is 8.17. The number of aliphatic hydroxyl groups excluding tert-OH is 3. The molecule has 1 aromatic carbocycles. The Hall–Kier alpha value is -2.42. The number of hydrogen-bond donors (Lipinski definition) is 5. The SMILES string of the molecule is C[C@H]1[C@H](O)[C@@H](O)[C@H]2CN(C(=O)c3c[nH]c4ccccc34)C[C@@H]2[C@H]1C(=O)NCCO. The van der Waals surface area contributed by atoms with Crippen LogP contribution in [-0.2, 0) is 4.79 Å². The molecule has 1 saturated carbocycles. The lowest BCUT2D eigenvalue weighted by Gasteiger charge is -2.43. The average Bonchev–Trinajstić information content (AvgIpc) is 3.35. The first-order valence-electron chi connectivity index (χ1n) is 10.0. The molecular formula is C21H27N3O5. The summed E-state index contributed by atoms with van der Waals surface area (Å²) in [6, 6.07) is 7.56. The van der Waals surface area contributed by atoms with Gasteiger partial charge in [0.15, 0.2) is 0 Å². The van der Waals surface area contributed by atoms with Gasteiger partial charge in [0, 0.05) is 48.6 Å². The molecule has 29 heavy (non-hydrogen) atoms. The number of nitrogens with one attached hydrogen (secondary N) is 2. The summed E-state index contributed by atoms with van der Waals surface area (Å²) in [4.78, 5) is 30.7. The summed E-state index contributed by atoms with van der Waals surface area (Å²) in [5.41, 5.74) is 1.43. The maximum Gasteiger partial charge on any atom is 0.256 e. The number of amides is 2. The number of hydrogen-bond acceptors (Lipinski definition) is 5. The van der Waals surface area contributed by atoms with Crippen molar-refractivity contribution in [3.8, 4) is 0 Å². The third kappa shape index (κ3) is 3.31. The van der Waals surface area contributed by atoms with E-state index in [2.05, 4.69) is 10.3 Å². The van der Waals surface area contributed by atoms with Gasteiger partial charge in [-0.25, -0.2) is 0 Å². The molecule has 1 saturated heterocycles. The van der Waals surface area contributed by atoms with Crippen LogP contribution < -0.4 is 5.32 Å². The van der Waals surface area contributed by atoms with Crippen molar-refractivity contribution in [3.05, 3.63) is 36.0 Å². The van der Waals surface area contributed by atoms with Gasteiger partial charge in [-0.3, -0.25) is 9.59 Å². The standard InChI is InChI=1S/C21H27N3O5/c1-11-17(20(28)22-6-7-25)14-9-24(10-15(14)19(27)18(11)26)21(29)13-8-23-16-5-3-2-4-12(13)16/h2-5,8,11,14-15,17-19,23,25-27H,6-7,9-10H2,1H3,(H,22,28)/t11-,14+,15+,17+,18+,19+/m1/s1. The summed E-state index contributed by atoms with van der Waals surface area (Å²) in [7, 11) is 0. The minimum Gasteiger partial charge on any atom is -0.395 e. The number of fused-ring (bicyclic) bond motifs is 2. The van der Waals surface area contributed by atoms with Crippen LogP contribution in [0.1, 0.15) is 17.3 Å². The van der Waals surface area contributed by atoms with Crippen molar-refractivity contribution in [2.75, 3.05) is 26.2 Å². The molecule has 8 nitrogen and oxygen atoms in total. The van der Waals surface area contributed by atoms with Crippen LogP contribution in [0.2, 0.25) is 0 Å². The summed E-state index contributed by atoms with van der Waals surface area (Å²) < 4.78 is 0. The number of benzene rings is 1. The fraction of sp³-hybridized carbons (Fsp3) is 0.524. The molecule has 1 aliphatic carbocycles. The number of para-hydroxylation sites is 1. The Morgan fingerprint density at radius 3 is 2.66 bits per heavy atom. The van der Waals surface area contributed by atoms with Crippen LogP contribution in [0.3, 0.4) is 0 Å². The van der Waals surface area contributed by atoms with Crippen molar-refractivity contribution in [2.45, 2.75) is 19.1 Å². The monoisotopic (exact) mass is 401 g/mol. The normalized spacial score (nSPS) is 31.7. The summed E-state index contributed by atoms with van der Waals surface area (Å²) in [6.45, 7) is 2.34. The molecule has 0 spiro atoms. The van der Waals surface area contributed by atoms with Gasteiger partial charge in [0.1, 0.15) is 0 Å². The van der Waals surface area contributed by atoms with Crippen molar-refractivity contribution in [3.63, 3.8) is 0 Å². The van der Waals surface area contributed by atoms with E-state index in [-0.39, 0.29) is 43.3 Å². The highest BCUT2D eigenvalue weighted by atomic mass is 16.3. The Labute approximate surface area is 168 Å². The minimum absolute atomic E-state index is 0.135. The lowest BCUT2D eigenvalue weighted by molar-refractivity contribution is -0.145. The van der Waals surface area contributed by atoms with Crippen LogP contribution in [0.5, 0.6) is 0 Å². The molecule has 156 valence electrons. The van der Waals surface area contributed by atoms with Crippen LogP contribution in [0.15, 0.2) is 30.5 Å². The molecule has 6 atom stereocenters. The number of nitrogens with zero attached hydrogens (tertiary/aromatic N) is 1. The van der Waals surface area contributed by atoms with Gasteiger partial charge in [-0.1, -0.05) is 25.1 Å². The molecule has 2 aromatic rings. The van der Waals surface area contributed by atoms with E-state index in [4.69, 9.17) is 5.11 Å². The smallest absolute Gasteiger partial charge is 0.256 e.